The van der Waals surface area contributed by atoms with Crippen molar-refractivity contribution in [1.29, 1.82) is 10.5 Å². The predicted molar refractivity (Wildman–Crippen MR) is 180 cm³/mol. The van der Waals surface area contributed by atoms with Crippen molar-refractivity contribution in [1.82, 2.24) is 4.57 Å². The number of nitrogens with zero attached hydrogens (tertiary/aromatic N) is 3. The lowest BCUT2D eigenvalue weighted by Gasteiger charge is -2.21. The molecule has 2 aromatic heterocycles. The Balaban J connectivity index is 1.33. The van der Waals surface area contributed by atoms with Crippen LogP contribution in [-0.4, -0.2) is 4.57 Å². The van der Waals surface area contributed by atoms with E-state index in [1.165, 1.54) is 22.3 Å². The molecule has 0 atom stereocenters. The highest BCUT2D eigenvalue weighted by Crippen LogP contribution is 2.52. The van der Waals surface area contributed by atoms with Crippen LogP contribution in [-0.2, 0) is 5.41 Å². The minimum Gasteiger partial charge on any atom is -0.455 e. The van der Waals surface area contributed by atoms with Crippen LogP contribution in [0.5, 0.6) is 0 Å². The molecule has 4 heteroatoms. The molecule has 0 bridgehead atoms. The average Bonchev–Trinajstić information content (AvgIpc) is 3.69. The van der Waals surface area contributed by atoms with Crippen LogP contribution in [0.25, 0.3) is 71.7 Å². The summed E-state index contributed by atoms with van der Waals surface area (Å²) in [5.74, 6) is 0. The van der Waals surface area contributed by atoms with Gasteiger partial charge in [-0.3, -0.25) is 0 Å². The second kappa shape index (κ2) is 8.96. The molecule has 0 N–H and O–H groups in total. The van der Waals surface area contributed by atoms with E-state index < -0.39 is 0 Å². The first-order valence-corrected chi connectivity index (χ1v) is 15.1. The minimum atomic E-state index is -0.110. The van der Waals surface area contributed by atoms with Gasteiger partial charge in [-0.05, 0) is 70.8 Å². The maximum Gasteiger partial charge on any atom is 0.143 e. The van der Waals surface area contributed by atoms with Crippen molar-refractivity contribution >= 4 is 43.7 Å². The van der Waals surface area contributed by atoms with E-state index in [2.05, 4.69) is 97.3 Å². The van der Waals surface area contributed by atoms with Gasteiger partial charge in [0.2, 0.25) is 0 Å². The molecular formula is C41H25N3O. The molecule has 8 aromatic rings. The molecule has 9 rings (SSSR count). The van der Waals surface area contributed by atoms with Crippen LogP contribution in [0.2, 0.25) is 0 Å². The first-order valence-electron chi connectivity index (χ1n) is 15.1. The molecule has 0 saturated carbocycles. The molecule has 0 fully saturated rings. The topological polar surface area (TPSA) is 65.7 Å². The van der Waals surface area contributed by atoms with E-state index in [0.717, 1.165) is 60.6 Å². The Morgan fingerprint density at radius 1 is 0.622 bits per heavy atom. The van der Waals surface area contributed by atoms with Crippen LogP contribution >= 0.6 is 0 Å². The van der Waals surface area contributed by atoms with Crippen molar-refractivity contribution in [2.24, 2.45) is 0 Å². The van der Waals surface area contributed by atoms with Gasteiger partial charge in [-0.2, -0.15) is 10.5 Å². The number of nitriles is 2. The molecule has 2 heterocycles. The highest BCUT2D eigenvalue weighted by atomic mass is 16.3. The summed E-state index contributed by atoms with van der Waals surface area (Å²) in [6.45, 7) is 4.56. The molecule has 45 heavy (non-hydrogen) atoms. The number of furan rings is 1. The van der Waals surface area contributed by atoms with Gasteiger partial charge >= 0.3 is 0 Å². The van der Waals surface area contributed by atoms with Gasteiger partial charge in [0.15, 0.2) is 0 Å². The summed E-state index contributed by atoms with van der Waals surface area (Å²) in [6.07, 6.45) is 0. The van der Waals surface area contributed by atoms with E-state index in [0.29, 0.717) is 11.1 Å². The molecule has 1 aliphatic rings. The van der Waals surface area contributed by atoms with Gasteiger partial charge < -0.3 is 8.98 Å². The lowest BCUT2D eigenvalue weighted by Crippen LogP contribution is -2.14. The zero-order valence-electron chi connectivity index (χ0n) is 24.7. The molecule has 0 saturated heterocycles. The van der Waals surface area contributed by atoms with E-state index >= 15 is 0 Å². The second-order valence-corrected chi connectivity index (χ2v) is 12.4. The fraction of sp³-hybridized carbons (Fsp3) is 0.0732. The van der Waals surface area contributed by atoms with Crippen LogP contribution in [0.3, 0.4) is 0 Å². The van der Waals surface area contributed by atoms with E-state index in [1.54, 1.807) is 0 Å². The number of rotatable bonds is 2. The molecule has 1 aliphatic carbocycles. The number of hydrogen-bond donors (Lipinski definition) is 0. The predicted octanol–water partition coefficient (Wildman–Crippen LogP) is 10.4. The fourth-order valence-electron chi connectivity index (χ4n) is 7.60. The Morgan fingerprint density at radius 2 is 1.44 bits per heavy atom. The molecule has 0 radical (unpaired) electrons. The van der Waals surface area contributed by atoms with Gasteiger partial charge in [0.1, 0.15) is 11.2 Å². The standard InChI is InChI=1S/C41H25N3O/c1-41(2)32-11-5-3-10-29(32)39-33(41)17-16-28-31-21-25(15-19-37(31)45-40(28)39)38-26(23-43)8-7-13-36(38)44-34-12-6-4-9-27(34)30-20-24(22-42)14-18-35(30)44/h3-21H,1-2H3. The second-order valence-electron chi connectivity index (χ2n) is 12.4. The number of hydrogen-bond acceptors (Lipinski definition) is 3. The first-order chi connectivity index (χ1) is 22.0. The number of para-hydroxylation sites is 1. The summed E-state index contributed by atoms with van der Waals surface area (Å²) >= 11 is 0. The smallest absolute Gasteiger partial charge is 0.143 e. The van der Waals surface area contributed by atoms with Gasteiger partial charge in [0, 0.05) is 38.1 Å². The van der Waals surface area contributed by atoms with Gasteiger partial charge in [-0.15, -0.1) is 0 Å². The summed E-state index contributed by atoms with van der Waals surface area (Å²) in [5, 5.41) is 24.2. The molecule has 0 aliphatic heterocycles. The molecule has 0 amide bonds. The van der Waals surface area contributed by atoms with Gasteiger partial charge in [0.05, 0.1) is 40.0 Å². The largest absolute Gasteiger partial charge is 0.455 e. The quantitative estimate of drug-likeness (QED) is 0.206. The van der Waals surface area contributed by atoms with Crippen LogP contribution in [0.15, 0.2) is 120 Å². The molecule has 6 aromatic carbocycles. The van der Waals surface area contributed by atoms with Crippen molar-refractivity contribution in [3.05, 3.63) is 138 Å². The molecule has 0 spiro atoms. The van der Waals surface area contributed by atoms with E-state index in [1.807, 2.05) is 48.5 Å². The van der Waals surface area contributed by atoms with Crippen molar-refractivity contribution in [3.8, 4) is 40.1 Å². The van der Waals surface area contributed by atoms with Gasteiger partial charge in [0.25, 0.3) is 0 Å². The van der Waals surface area contributed by atoms with Crippen molar-refractivity contribution in [2.75, 3.05) is 0 Å². The normalized spacial score (nSPS) is 13.2. The molecule has 0 unspecified atom stereocenters. The zero-order chi connectivity index (χ0) is 30.4. The van der Waals surface area contributed by atoms with Crippen molar-refractivity contribution in [2.45, 2.75) is 19.3 Å². The lowest BCUT2D eigenvalue weighted by atomic mass is 9.82. The molecule has 210 valence electrons. The lowest BCUT2D eigenvalue weighted by molar-refractivity contribution is 0.653. The highest BCUT2D eigenvalue weighted by molar-refractivity contribution is 6.13. The monoisotopic (exact) mass is 575 g/mol. The third-order valence-corrected chi connectivity index (χ3v) is 9.68. The van der Waals surface area contributed by atoms with Crippen molar-refractivity contribution < 1.29 is 4.42 Å². The maximum atomic E-state index is 10.4. The van der Waals surface area contributed by atoms with Gasteiger partial charge in [-0.25, -0.2) is 0 Å². The van der Waals surface area contributed by atoms with Crippen LogP contribution in [0.1, 0.15) is 36.1 Å². The SMILES string of the molecule is CC1(C)c2ccccc2-c2c1ccc1c2oc2ccc(-c3c(C#N)cccc3-n3c4ccccc4c4cc(C#N)ccc43)cc21. The molecule has 4 nitrogen and oxygen atoms in total. The number of aromatic nitrogens is 1. The van der Waals surface area contributed by atoms with Gasteiger partial charge in [-0.1, -0.05) is 80.6 Å². The Morgan fingerprint density at radius 3 is 2.31 bits per heavy atom. The van der Waals surface area contributed by atoms with Crippen LogP contribution in [0, 0.1) is 22.7 Å². The Kier molecular flexibility index (Phi) is 5.06. The third-order valence-electron chi connectivity index (χ3n) is 9.68. The summed E-state index contributed by atoms with van der Waals surface area (Å²) in [7, 11) is 0. The van der Waals surface area contributed by atoms with Crippen LogP contribution in [0.4, 0.5) is 0 Å². The highest BCUT2D eigenvalue weighted by Gasteiger charge is 2.37. The average molecular weight is 576 g/mol. The summed E-state index contributed by atoms with van der Waals surface area (Å²) in [5.41, 5.74) is 12.5. The summed E-state index contributed by atoms with van der Waals surface area (Å²) < 4.78 is 8.85. The third kappa shape index (κ3) is 3.34. The summed E-state index contributed by atoms with van der Waals surface area (Å²) in [6, 6.07) is 44.0. The maximum absolute atomic E-state index is 10.4. The zero-order valence-corrected chi connectivity index (χ0v) is 24.7. The number of benzene rings is 6. The van der Waals surface area contributed by atoms with Crippen LogP contribution < -0.4 is 0 Å². The summed E-state index contributed by atoms with van der Waals surface area (Å²) in [4.78, 5) is 0. The first kappa shape index (κ1) is 25.4. The van der Waals surface area contributed by atoms with E-state index in [4.69, 9.17) is 4.42 Å². The Bertz CT molecular complexity index is 2650. The fourth-order valence-corrected chi connectivity index (χ4v) is 7.60. The Labute approximate surface area is 259 Å². The minimum absolute atomic E-state index is 0.110. The molecular weight excluding hydrogens is 550 g/mol. The van der Waals surface area contributed by atoms with E-state index in [9.17, 15) is 10.5 Å². The van der Waals surface area contributed by atoms with Crippen molar-refractivity contribution in [3.63, 3.8) is 0 Å². The Hall–Kier alpha value is -6.10. The van der Waals surface area contributed by atoms with E-state index in [-0.39, 0.29) is 5.41 Å². The number of fused-ring (bicyclic) bond motifs is 10.